The van der Waals surface area contributed by atoms with E-state index >= 15 is 0 Å². The number of hydrogen-bond donors (Lipinski definition) is 2. The third kappa shape index (κ3) is 8.31. The standard InChI is InChI=1S/C17H23F3N6O.HI/c1-3-15-25-24-12-26(15)8-7-22-16(21-2)23-10-13-5-4-6-14(9-13)27-11-17(18,19)20;/h4-6,9,12H,3,7-8,10-11H2,1-2H3,(H2,21,22,23);1H. The first-order valence-electron chi connectivity index (χ1n) is 8.51. The van der Waals surface area contributed by atoms with Crippen LogP contribution in [-0.2, 0) is 19.5 Å². The Hall–Kier alpha value is -2.05. The molecule has 0 bridgehead atoms. The molecule has 0 saturated heterocycles. The molecule has 2 rings (SSSR count). The Labute approximate surface area is 178 Å². The number of hydrogen-bond acceptors (Lipinski definition) is 4. The van der Waals surface area contributed by atoms with Gasteiger partial charge in [0.05, 0.1) is 0 Å². The summed E-state index contributed by atoms with van der Waals surface area (Å²) in [6, 6.07) is 6.51. The number of nitrogens with zero attached hydrogens (tertiary/aromatic N) is 4. The van der Waals surface area contributed by atoms with E-state index in [4.69, 9.17) is 4.74 Å². The summed E-state index contributed by atoms with van der Waals surface area (Å²) < 4.78 is 43.4. The fraction of sp³-hybridized carbons (Fsp3) is 0.471. The number of nitrogens with one attached hydrogen (secondary N) is 2. The van der Waals surface area contributed by atoms with E-state index in [1.54, 1.807) is 31.6 Å². The summed E-state index contributed by atoms with van der Waals surface area (Å²) in [7, 11) is 1.65. The quantitative estimate of drug-likeness (QED) is 0.324. The van der Waals surface area contributed by atoms with Crippen molar-refractivity contribution in [3.05, 3.63) is 42.0 Å². The second-order valence-electron chi connectivity index (χ2n) is 5.70. The highest BCUT2D eigenvalue weighted by Crippen LogP contribution is 2.19. The third-order valence-corrected chi connectivity index (χ3v) is 3.64. The lowest BCUT2D eigenvalue weighted by Crippen LogP contribution is -2.38. The fourth-order valence-electron chi connectivity index (χ4n) is 2.35. The van der Waals surface area contributed by atoms with Crippen molar-refractivity contribution in [2.45, 2.75) is 32.6 Å². The Bertz CT molecular complexity index is 750. The summed E-state index contributed by atoms with van der Waals surface area (Å²) in [6.07, 6.45) is -1.87. The average Bonchev–Trinajstić information content (AvgIpc) is 3.10. The minimum Gasteiger partial charge on any atom is -0.484 e. The molecule has 0 radical (unpaired) electrons. The van der Waals surface area contributed by atoms with Crippen LogP contribution in [0.2, 0.25) is 0 Å². The van der Waals surface area contributed by atoms with E-state index in [2.05, 4.69) is 25.8 Å². The van der Waals surface area contributed by atoms with Gasteiger partial charge in [-0.1, -0.05) is 19.1 Å². The van der Waals surface area contributed by atoms with Crippen LogP contribution in [0.3, 0.4) is 0 Å². The second-order valence-corrected chi connectivity index (χ2v) is 5.70. The van der Waals surface area contributed by atoms with Gasteiger partial charge in [0.15, 0.2) is 12.6 Å². The molecule has 0 amide bonds. The van der Waals surface area contributed by atoms with Crippen LogP contribution in [-0.4, -0.2) is 47.1 Å². The minimum absolute atomic E-state index is 0. The van der Waals surface area contributed by atoms with Crippen molar-refractivity contribution in [1.29, 1.82) is 0 Å². The first kappa shape index (κ1) is 24.0. The van der Waals surface area contributed by atoms with Crippen LogP contribution >= 0.6 is 24.0 Å². The van der Waals surface area contributed by atoms with Gasteiger partial charge in [0.2, 0.25) is 0 Å². The van der Waals surface area contributed by atoms with E-state index in [9.17, 15) is 13.2 Å². The Morgan fingerprint density at radius 1 is 1.29 bits per heavy atom. The second kappa shape index (κ2) is 11.7. The number of alkyl halides is 3. The molecular weight excluding hydrogens is 488 g/mol. The van der Waals surface area contributed by atoms with Crippen LogP contribution in [0.5, 0.6) is 5.75 Å². The number of benzene rings is 1. The zero-order chi connectivity index (χ0) is 19.7. The fourth-order valence-corrected chi connectivity index (χ4v) is 2.35. The van der Waals surface area contributed by atoms with E-state index in [1.807, 2.05) is 11.5 Å². The van der Waals surface area contributed by atoms with Crippen LogP contribution in [0.1, 0.15) is 18.3 Å². The highest BCUT2D eigenvalue weighted by atomic mass is 127. The molecule has 0 aliphatic rings. The first-order chi connectivity index (χ1) is 12.9. The Kier molecular flexibility index (Phi) is 10.0. The van der Waals surface area contributed by atoms with Crippen LogP contribution in [0.25, 0.3) is 0 Å². The predicted octanol–water partition coefficient (Wildman–Crippen LogP) is 2.76. The number of halogens is 4. The molecule has 2 N–H and O–H groups in total. The molecule has 1 heterocycles. The van der Waals surface area contributed by atoms with Crippen LogP contribution in [0, 0.1) is 0 Å². The van der Waals surface area contributed by atoms with E-state index in [1.165, 1.54) is 6.07 Å². The number of ether oxygens (including phenoxy) is 1. The minimum atomic E-state index is -4.36. The van der Waals surface area contributed by atoms with Crippen molar-refractivity contribution in [3.63, 3.8) is 0 Å². The predicted molar refractivity (Wildman–Crippen MR) is 111 cm³/mol. The Balaban J connectivity index is 0.00000392. The number of guanidine groups is 1. The highest BCUT2D eigenvalue weighted by molar-refractivity contribution is 14.0. The molecule has 28 heavy (non-hydrogen) atoms. The summed E-state index contributed by atoms with van der Waals surface area (Å²) in [6.45, 7) is 2.42. The molecule has 0 aliphatic carbocycles. The molecule has 11 heteroatoms. The van der Waals surface area contributed by atoms with E-state index in [0.29, 0.717) is 25.6 Å². The molecule has 1 aromatic carbocycles. The van der Waals surface area contributed by atoms with E-state index in [0.717, 1.165) is 17.8 Å². The molecule has 0 fully saturated rings. The van der Waals surface area contributed by atoms with E-state index in [-0.39, 0.29) is 29.7 Å². The van der Waals surface area contributed by atoms with Gasteiger partial charge in [0.1, 0.15) is 17.9 Å². The summed E-state index contributed by atoms with van der Waals surface area (Å²) in [4.78, 5) is 4.13. The SMILES string of the molecule is CCc1nncn1CCNC(=NC)NCc1cccc(OCC(F)(F)F)c1.I. The van der Waals surface area contributed by atoms with Gasteiger partial charge in [-0.15, -0.1) is 34.2 Å². The first-order valence-corrected chi connectivity index (χ1v) is 8.51. The van der Waals surface area contributed by atoms with Gasteiger partial charge >= 0.3 is 6.18 Å². The van der Waals surface area contributed by atoms with Gasteiger partial charge in [-0.3, -0.25) is 4.99 Å². The van der Waals surface area contributed by atoms with Crippen molar-refractivity contribution < 1.29 is 17.9 Å². The number of aliphatic imine (C=N–C) groups is 1. The van der Waals surface area contributed by atoms with Crippen molar-refractivity contribution in [3.8, 4) is 5.75 Å². The molecule has 156 valence electrons. The lowest BCUT2D eigenvalue weighted by atomic mass is 10.2. The normalized spacial score (nSPS) is 11.7. The lowest BCUT2D eigenvalue weighted by Gasteiger charge is -2.14. The molecule has 7 nitrogen and oxygen atoms in total. The maximum absolute atomic E-state index is 12.2. The smallest absolute Gasteiger partial charge is 0.422 e. The molecule has 1 aromatic heterocycles. The maximum atomic E-state index is 12.2. The van der Waals surface area contributed by atoms with Crippen LogP contribution in [0.15, 0.2) is 35.6 Å². The third-order valence-electron chi connectivity index (χ3n) is 3.64. The molecule has 0 aliphatic heterocycles. The average molecular weight is 512 g/mol. The van der Waals surface area contributed by atoms with Crippen molar-refractivity contribution in [2.75, 3.05) is 20.2 Å². The highest BCUT2D eigenvalue weighted by Gasteiger charge is 2.28. The van der Waals surface area contributed by atoms with Crippen LogP contribution in [0.4, 0.5) is 13.2 Å². The zero-order valence-corrected chi connectivity index (χ0v) is 18.0. The van der Waals surface area contributed by atoms with Gasteiger partial charge in [-0.2, -0.15) is 13.2 Å². The van der Waals surface area contributed by atoms with Gasteiger partial charge in [0.25, 0.3) is 0 Å². The summed E-state index contributed by atoms with van der Waals surface area (Å²) in [5.41, 5.74) is 0.782. The summed E-state index contributed by atoms with van der Waals surface area (Å²) >= 11 is 0. The molecular formula is C17H24F3IN6O. The molecule has 0 spiro atoms. The maximum Gasteiger partial charge on any atom is 0.422 e. The van der Waals surface area contributed by atoms with Gasteiger partial charge in [0, 0.05) is 33.1 Å². The van der Waals surface area contributed by atoms with Gasteiger partial charge in [-0.25, -0.2) is 0 Å². The largest absolute Gasteiger partial charge is 0.484 e. The molecule has 0 saturated carbocycles. The Morgan fingerprint density at radius 2 is 2.07 bits per heavy atom. The van der Waals surface area contributed by atoms with Gasteiger partial charge < -0.3 is 19.9 Å². The summed E-state index contributed by atoms with van der Waals surface area (Å²) in [5, 5.41) is 14.2. The van der Waals surface area contributed by atoms with Crippen molar-refractivity contribution in [2.24, 2.45) is 4.99 Å². The number of aromatic nitrogens is 3. The molecule has 0 unspecified atom stereocenters. The number of rotatable bonds is 8. The van der Waals surface area contributed by atoms with Crippen molar-refractivity contribution >= 4 is 29.9 Å². The van der Waals surface area contributed by atoms with E-state index < -0.39 is 12.8 Å². The zero-order valence-electron chi connectivity index (χ0n) is 15.7. The lowest BCUT2D eigenvalue weighted by molar-refractivity contribution is -0.153. The monoisotopic (exact) mass is 512 g/mol. The topological polar surface area (TPSA) is 76.4 Å². The van der Waals surface area contributed by atoms with Crippen molar-refractivity contribution in [1.82, 2.24) is 25.4 Å². The number of aryl methyl sites for hydroxylation is 1. The Morgan fingerprint density at radius 3 is 2.75 bits per heavy atom. The van der Waals surface area contributed by atoms with Crippen LogP contribution < -0.4 is 15.4 Å². The summed E-state index contributed by atoms with van der Waals surface area (Å²) in [5.74, 6) is 1.67. The van der Waals surface area contributed by atoms with Gasteiger partial charge in [-0.05, 0) is 17.7 Å². The molecule has 2 aromatic rings. The molecule has 0 atom stereocenters.